The molecule has 0 atom stereocenters. The van der Waals surface area contributed by atoms with Crippen LogP contribution in [0.4, 0.5) is 5.69 Å². The summed E-state index contributed by atoms with van der Waals surface area (Å²) in [6.45, 7) is 0.819. The zero-order valence-corrected chi connectivity index (χ0v) is 9.55. The second-order valence-corrected chi connectivity index (χ2v) is 5.37. The summed E-state index contributed by atoms with van der Waals surface area (Å²) in [6, 6.07) is 6.13. The van der Waals surface area contributed by atoms with Crippen LogP contribution in [0.15, 0.2) is 29.2 Å². The van der Waals surface area contributed by atoms with Gasteiger partial charge in [-0.15, -0.1) is 0 Å². The average molecular weight is 240 g/mol. The number of nitrogens with one attached hydrogen (secondary N) is 2. The van der Waals surface area contributed by atoms with Gasteiger partial charge in [-0.3, -0.25) is 4.99 Å². The van der Waals surface area contributed by atoms with E-state index in [9.17, 15) is 8.42 Å². The van der Waals surface area contributed by atoms with Crippen molar-refractivity contribution in [3.8, 4) is 0 Å². The number of hydrogen-bond donors (Lipinski definition) is 3. The fourth-order valence-electron chi connectivity index (χ4n) is 1.55. The highest BCUT2D eigenvalue weighted by atomic mass is 32.2. The van der Waals surface area contributed by atoms with E-state index < -0.39 is 10.0 Å². The third-order valence-electron chi connectivity index (χ3n) is 2.39. The van der Waals surface area contributed by atoms with E-state index in [0.29, 0.717) is 11.5 Å². The average Bonchev–Trinajstić information content (AvgIpc) is 2.70. The van der Waals surface area contributed by atoms with Crippen molar-refractivity contribution in [1.29, 1.82) is 0 Å². The largest absolute Gasteiger partial charge is 0.399 e. The summed E-state index contributed by atoms with van der Waals surface area (Å²) >= 11 is 0. The first-order chi connectivity index (χ1) is 7.58. The van der Waals surface area contributed by atoms with Crippen molar-refractivity contribution in [2.24, 2.45) is 0 Å². The minimum Gasteiger partial charge on any atom is -0.399 e. The molecule has 16 heavy (non-hydrogen) atoms. The highest BCUT2D eigenvalue weighted by Gasteiger charge is 2.23. The lowest BCUT2D eigenvalue weighted by molar-refractivity contribution is -0.448. The van der Waals surface area contributed by atoms with Gasteiger partial charge in [0, 0.05) is 5.69 Å². The van der Waals surface area contributed by atoms with Crippen LogP contribution in [0.25, 0.3) is 0 Å². The minimum absolute atomic E-state index is 0.225. The van der Waals surface area contributed by atoms with Crippen LogP contribution < -0.4 is 15.4 Å². The monoisotopic (exact) mass is 240 g/mol. The van der Waals surface area contributed by atoms with E-state index in [4.69, 9.17) is 5.73 Å². The lowest BCUT2D eigenvalue weighted by Gasteiger charge is -2.01. The fraction of sp³-hybridized carbons (Fsp3) is 0.300. The Morgan fingerprint density at radius 1 is 1.25 bits per heavy atom. The van der Waals surface area contributed by atoms with Gasteiger partial charge in [0.1, 0.15) is 4.90 Å². The number of amidine groups is 1. The summed E-state index contributed by atoms with van der Waals surface area (Å²) in [7, 11) is -3.47. The fourth-order valence-corrected chi connectivity index (χ4v) is 2.66. The molecule has 0 bridgehead atoms. The SMILES string of the molecule is Nc1ccc(S(=O)(=O)NC2=[NH+]CCC2)cc1. The lowest BCUT2D eigenvalue weighted by Crippen LogP contribution is -2.72. The van der Waals surface area contributed by atoms with Crippen LogP contribution in [0.3, 0.4) is 0 Å². The maximum Gasteiger partial charge on any atom is 0.328 e. The molecule has 0 fully saturated rings. The van der Waals surface area contributed by atoms with Gasteiger partial charge in [-0.25, -0.2) is 0 Å². The smallest absolute Gasteiger partial charge is 0.328 e. The Balaban J connectivity index is 2.21. The molecule has 0 saturated heterocycles. The predicted molar refractivity (Wildman–Crippen MR) is 61.2 cm³/mol. The molecule has 0 aliphatic carbocycles. The summed E-state index contributed by atoms with van der Waals surface area (Å²) in [5.74, 6) is 0.664. The molecule has 1 heterocycles. The molecule has 2 rings (SSSR count). The van der Waals surface area contributed by atoms with Crippen molar-refractivity contribution in [3.63, 3.8) is 0 Å². The normalized spacial score (nSPS) is 15.9. The number of hydrogen-bond acceptors (Lipinski definition) is 3. The summed E-state index contributed by atoms with van der Waals surface area (Å²) in [5, 5.41) is 0. The van der Waals surface area contributed by atoms with Crippen LogP contribution in [-0.4, -0.2) is 20.8 Å². The van der Waals surface area contributed by atoms with E-state index in [1.807, 2.05) is 0 Å². The van der Waals surface area contributed by atoms with Gasteiger partial charge in [-0.1, -0.05) is 0 Å². The van der Waals surface area contributed by atoms with Crippen molar-refractivity contribution in [3.05, 3.63) is 24.3 Å². The quantitative estimate of drug-likeness (QED) is 0.569. The highest BCUT2D eigenvalue weighted by Crippen LogP contribution is 2.11. The van der Waals surface area contributed by atoms with Crippen molar-refractivity contribution in [2.75, 3.05) is 12.3 Å². The first-order valence-corrected chi connectivity index (χ1v) is 6.54. The van der Waals surface area contributed by atoms with Gasteiger partial charge in [-0.05, 0) is 30.7 Å². The Labute approximate surface area is 94.4 Å². The Morgan fingerprint density at radius 3 is 2.50 bits per heavy atom. The Bertz CT molecular complexity index is 505. The number of benzene rings is 1. The third-order valence-corrected chi connectivity index (χ3v) is 3.80. The Kier molecular flexibility index (Phi) is 2.82. The first kappa shape index (κ1) is 10.9. The molecule has 5 nitrogen and oxygen atoms in total. The van der Waals surface area contributed by atoms with Gasteiger partial charge < -0.3 is 5.73 Å². The van der Waals surface area contributed by atoms with Gasteiger partial charge in [0.2, 0.25) is 0 Å². The summed E-state index contributed by atoms with van der Waals surface area (Å²) in [4.78, 5) is 3.22. The predicted octanol–water partition coefficient (Wildman–Crippen LogP) is -1.18. The molecule has 0 radical (unpaired) electrons. The van der Waals surface area contributed by atoms with Crippen molar-refractivity contribution in [1.82, 2.24) is 4.72 Å². The third kappa shape index (κ3) is 2.33. The highest BCUT2D eigenvalue weighted by molar-refractivity contribution is 7.90. The topological polar surface area (TPSA) is 86.2 Å². The second-order valence-electron chi connectivity index (χ2n) is 3.68. The summed E-state index contributed by atoms with van der Waals surface area (Å²) in [6.07, 6.45) is 1.70. The van der Waals surface area contributed by atoms with Gasteiger partial charge in [-0.2, -0.15) is 13.1 Å². The van der Waals surface area contributed by atoms with Crippen LogP contribution in [0.1, 0.15) is 12.8 Å². The molecule has 1 aliphatic heterocycles. The molecule has 0 unspecified atom stereocenters. The van der Waals surface area contributed by atoms with Crippen molar-refractivity contribution >= 4 is 21.5 Å². The lowest BCUT2D eigenvalue weighted by atomic mass is 10.3. The van der Waals surface area contributed by atoms with Crippen LogP contribution in [-0.2, 0) is 10.0 Å². The van der Waals surface area contributed by atoms with Gasteiger partial charge in [0.25, 0.3) is 5.84 Å². The van der Waals surface area contributed by atoms with Crippen molar-refractivity contribution < 1.29 is 13.4 Å². The van der Waals surface area contributed by atoms with E-state index in [-0.39, 0.29) is 4.90 Å². The molecule has 1 aromatic rings. The van der Waals surface area contributed by atoms with Gasteiger partial charge in [0.05, 0.1) is 13.0 Å². The van der Waals surface area contributed by atoms with E-state index in [0.717, 1.165) is 19.4 Å². The number of sulfonamides is 1. The van der Waals surface area contributed by atoms with E-state index in [2.05, 4.69) is 9.71 Å². The first-order valence-electron chi connectivity index (χ1n) is 5.06. The van der Waals surface area contributed by atoms with Crippen LogP contribution >= 0.6 is 0 Å². The maximum atomic E-state index is 11.9. The van der Waals surface area contributed by atoms with Crippen LogP contribution in [0.2, 0.25) is 0 Å². The second kappa shape index (κ2) is 4.13. The van der Waals surface area contributed by atoms with Gasteiger partial charge in [0.15, 0.2) is 0 Å². The number of rotatable bonds is 2. The number of nitrogens with two attached hydrogens (primary N) is 1. The molecule has 0 aromatic heterocycles. The van der Waals surface area contributed by atoms with Crippen LogP contribution in [0.5, 0.6) is 0 Å². The molecule has 86 valence electrons. The molecular weight excluding hydrogens is 226 g/mol. The summed E-state index contributed by atoms with van der Waals surface area (Å²) in [5.41, 5.74) is 6.05. The molecule has 0 amide bonds. The maximum absolute atomic E-state index is 11.9. The minimum atomic E-state index is -3.47. The van der Waals surface area contributed by atoms with E-state index in [1.165, 1.54) is 12.1 Å². The van der Waals surface area contributed by atoms with Crippen molar-refractivity contribution in [2.45, 2.75) is 17.7 Å². The molecular formula is C10H14N3O2S+. The molecule has 0 spiro atoms. The van der Waals surface area contributed by atoms with E-state index >= 15 is 0 Å². The van der Waals surface area contributed by atoms with Crippen LogP contribution in [0, 0.1) is 0 Å². The number of anilines is 1. The van der Waals surface area contributed by atoms with Gasteiger partial charge >= 0.3 is 10.0 Å². The zero-order valence-electron chi connectivity index (χ0n) is 8.73. The molecule has 0 saturated carbocycles. The Hall–Kier alpha value is -1.56. The summed E-state index contributed by atoms with van der Waals surface area (Å²) < 4.78 is 26.3. The number of nitrogen functional groups attached to an aromatic ring is 1. The molecule has 6 heteroatoms. The molecule has 1 aromatic carbocycles. The van der Waals surface area contributed by atoms with E-state index in [1.54, 1.807) is 12.1 Å². The standard InChI is InChI=1S/C10H13N3O2S/c11-8-3-5-9(6-4-8)16(14,15)13-10-2-1-7-12-10/h3-6H,1-2,7,11H2,(H,12,13)/p+1. The zero-order chi connectivity index (χ0) is 11.6. The molecule has 1 aliphatic rings. The Morgan fingerprint density at radius 2 is 1.94 bits per heavy atom. The molecule has 4 N–H and O–H groups in total.